The molecule has 2 saturated heterocycles. The molecule has 8 nitrogen and oxygen atoms in total. The minimum Gasteiger partial charge on any atom is -0.369 e. The number of amides is 3. The molecule has 0 aromatic heterocycles. The van der Waals surface area contributed by atoms with E-state index in [0.717, 1.165) is 31.9 Å². The Morgan fingerprint density at radius 2 is 1.78 bits per heavy atom. The van der Waals surface area contributed by atoms with Gasteiger partial charge in [-0.25, -0.2) is 0 Å². The summed E-state index contributed by atoms with van der Waals surface area (Å²) < 4.78 is 0. The fourth-order valence-electron chi connectivity index (χ4n) is 4.67. The van der Waals surface area contributed by atoms with Gasteiger partial charge in [-0.3, -0.25) is 19.3 Å². The predicted molar refractivity (Wildman–Crippen MR) is 142 cm³/mol. The zero-order valence-electron chi connectivity index (χ0n) is 20.9. The highest BCUT2D eigenvalue weighted by Crippen LogP contribution is 2.21. The molecule has 3 amide bonds. The molecule has 2 aliphatic rings. The summed E-state index contributed by atoms with van der Waals surface area (Å²) in [5, 5.41) is 6.36. The zero-order valence-corrected chi connectivity index (χ0v) is 21.6. The molecular weight excluding hydrogens is 478 g/mol. The van der Waals surface area contributed by atoms with Gasteiger partial charge in [0.05, 0.1) is 13.0 Å². The van der Waals surface area contributed by atoms with Crippen LogP contribution >= 0.6 is 11.6 Å². The number of hydrogen-bond donors (Lipinski definition) is 2. The van der Waals surface area contributed by atoms with E-state index >= 15 is 0 Å². The number of carbonyl (C=O) groups is 3. The van der Waals surface area contributed by atoms with Gasteiger partial charge in [0.25, 0.3) is 0 Å². The van der Waals surface area contributed by atoms with Gasteiger partial charge in [-0.05, 0) is 41.8 Å². The van der Waals surface area contributed by atoms with Crippen molar-refractivity contribution in [1.82, 2.24) is 15.1 Å². The Labute approximate surface area is 217 Å². The van der Waals surface area contributed by atoms with Gasteiger partial charge >= 0.3 is 0 Å². The number of halogens is 1. The molecular formula is C27H34ClN5O3. The van der Waals surface area contributed by atoms with Crippen LogP contribution in [-0.2, 0) is 14.4 Å². The molecule has 2 heterocycles. The van der Waals surface area contributed by atoms with Crippen LogP contribution in [0.1, 0.15) is 31.7 Å². The second kappa shape index (κ2) is 11.8. The van der Waals surface area contributed by atoms with E-state index in [0.29, 0.717) is 29.7 Å². The molecule has 2 N–H and O–H groups in total. The number of rotatable bonds is 7. The van der Waals surface area contributed by atoms with Crippen LogP contribution in [0.4, 0.5) is 11.4 Å². The lowest BCUT2D eigenvalue weighted by Crippen LogP contribution is -2.60. The van der Waals surface area contributed by atoms with Crippen LogP contribution in [-0.4, -0.2) is 79.4 Å². The molecule has 2 aliphatic heterocycles. The summed E-state index contributed by atoms with van der Waals surface area (Å²) in [5.41, 5.74) is 2.94. The number of anilines is 2. The van der Waals surface area contributed by atoms with Crippen molar-refractivity contribution in [2.45, 2.75) is 32.2 Å². The number of piperazine rings is 2. The molecule has 0 aliphatic carbocycles. The van der Waals surface area contributed by atoms with E-state index in [-0.39, 0.29) is 30.7 Å². The second-order valence-corrected chi connectivity index (χ2v) is 10.1. The Bertz CT molecular complexity index is 1080. The van der Waals surface area contributed by atoms with Crippen LogP contribution < -0.4 is 15.5 Å². The van der Waals surface area contributed by atoms with Crippen LogP contribution in [0.25, 0.3) is 0 Å². The fraction of sp³-hybridized carbons (Fsp3) is 0.444. The monoisotopic (exact) mass is 511 g/mol. The van der Waals surface area contributed by atoms with Crippen molar-refractivity contribution in [1.29, 1.82) is 0 Å². The van der Waals surface area contributed by atoms with Crippen molar-refractivity contribution in [3.63, 3.8) is 0 Å². The van der Waals surface area contributed by atoms with Crippen LogP contribution in [0.2, 0.25) is 5.02 Å². The van der Waals surface area contributed by atoms with Crippen molar-refractivity contribution in [2.24, 2.45) is 0 Å². The van der Waals surface area contributed by atoms with E-state index in [1.54, 1.807) is 4.90 Å². The molecule has 9 heteroatoms. The third kappa shape index (κ3) is 6.56. The highest BCUT2D eigenvalue weighted by atomic mass is 35.5. The number of nitrogens with one attached hydrogen (secondary N) is 2. The van der Waals surface area contributed by atoms with Crippen molar-refractivity contribution in [3.8, 4) is 0 Å². The molecule has 0 bridgehead atoms. The maximum Gasteiger partial charge on any atom is 0.243 e. The number of carbonyl (C=O) groups excluding carboxylic acids is 3. The number of nitrogens with zero attached hydrogens (tertiary/aromatic N) is 3. The highest BCUT2D eigenvalue weighted by Gasteiger charge is 2.35. The maximum absolute atomic E-state index is 13.2. The van der Waals surface area contributed by atoms with Crippen LogP contribution in [0, 0.1) is 0 Å². The van der Waals surface area contributed by atoms with E-state index in [1.807, 2.05) is 48.5 Å². The first-order valence-corrected chi connectivity index (χ1v) is 12.9. The molecule has 4 rings (SSSR count). The van der Waals surface area contributed by atoms with E-state index in [9.17, 15) is 14.4 Å². The molecule has 0 saturated carbocycles. The summed E-state index contributed by atoms with van der Waals surface area (Å²) in [6.07, 6.45) is -0.0773. The van der Waals surface area contributed by atoms with Crippen LogP contribution in [0.15, 0.2) is 48.5 Å². The molecule has 2 aromatic rings. The van der Waals surface area contributed by atoms with Gasteiger partial charge in [0.15, 0.2) is 0 Å². The standard InChI is InChI=1S/C27H34ClN5O3/c1-19(2)20-6-8-22(9-7-20)30-25(34)17-24-27(36)29-10-11-33(24)26(35)18-31-12-14-32(15-13-31)23-5-3-4-21(28)16-23/h3-9,16,19,24H,10-15,17-18H2,1-2H3,(H,29,36)(H,30,34). The minimum atomic E-state index is -0.811. The summed E-state index contributed by atoms with van der Waals surface area (Å²) in [6, 6.07) is 14.6. The molecule has 1 unspecified atom stereocenters. The van der Waals surface area contributed by atoms with Gasteiger partial charge < -0.3 is 20.4 Å². The first-order chi connectivity index (χ1) is 17.3. The quantitative estimate of drug-likeness (QED) is 0.597. The summed E-state index contributed by atoms with van der Waals surface area (Å²) >= 11 is 6.12. The van der Waals surface area contributed by atoms with Crippen LogP contribution in [0.5, 0.6) is 0 Å². The third-order valence-corrected chi connectivity index (χ3v) is 7.03. The number of hydrogen-bond acceptors (Lipinski definition) is 5. The first-order valence-electron chi connectivity index (χ1n) is 12.5. The Hall–Kier alpha value is -3.10. The predicted octanol–water partition coefficient (Wildman–Crippen LogP) is 2.94. The molecule has 1 atom stereocenters. The first kappa shape index (κ1) is 26.0. The lowest BCUT2D eigenvalue weighted by Gasteiger charge is -2.39. The average Bonchev–Trinajstić information content (AvgIpc) is 2.86. The normalized spacial score (nSPS) is 18.8. The van der Waals surface area contributed by atoms with Crippen molar-refractivity contribution in [2.75, 3.05) is 56.0 Å². The maximum atomic E-state index is 13.2. The Balaban J connectivity index is 1.31. The second-order valence-electron chi connectivity index (χ2n) is 9.67. The van der Waals surface area contributed by atoms with Gasteiger partial charge in [0, 0.05) is 55.7 Å². The van der Waals surface area contributed by atoms with E-state index in [2.05, 4.69) is 34.3 Å². The summed E-state index contributed by atoms with van der Waals surface area (Å²) in [6.45, 7) is 8.28. The number of benzene rings is 2. The molecule has 192 valence electrons. The Kier molecular flexibility index (Phi) is 8.48. The minimum absolute atomic E-state index is 0.0773. The van der Waals surface area contributed by atoms with Crippen molar-refractivity contribution < 1.29 is 14.4 Å². The van der Waals surface area contributed by atoms with E-state index in [1.165, 1.54) is 5.56 Å². The molecule has 36 heavy (non-hydrogen) atoms. The summed E-state index contributed by atoms with van der Waals surface area (Å²) in [5.74, 6) is -0.298. The van der Waals surface area contributed by atoms with Gasteiger partial charge in [0.2, 0.25) is 17.7 Å². The van der Waals surface area contributed by atoms with Gasteiger partial charge in [0.1, 0.15) is 6.04 Å². The topological polar surface area (TPSA) is 85.0 Å². The zero-order chi connectivity index (χ0) is 25.7. The van der Waals surface area contributed by atoms with Crippen LogP contribution in [0.3, 0.4) is 0 Å². The molecule has 2 fully saturated rings. The molecule has 0 spiro atoms. The average molecular weight is 512 g/mol. The Morgan fingerprint density at radius 3 is 2.44 bits per heavy atom. The van der Waals surface area contributed by atoms with Gasteiger partial charge in [-0.2, -0.15) is 0 Å². The SMILES string of the molecule is CC(C)c1ccc(NC(=O)CC2C(=O)NCCN2C(=O)CN2CCN(c3cccc(Cl)c3)CC2)cc1. The van der Waals surface area contributed by atoms with Gasteiger partial charge in [-0.1, -0.05) is 43.6 Å². The molecule has 0 radical (unpaired) electrons. The Morgan fingerprint density at radius 1 is 1.06 bits per heavy atom. The highest BCUT2D eigenvalue weighted by molar-refractivity contribution is 6.30. The fourth-order valence-corrected chi connectivity index (χ4v) is 4.86. The summed E-state index contributed by atoms with van der Waals surface area (Å²) in [4.78, 5) is 44.5. The van der Waals surface area contributed by atoms with Crippen molar-refractivity contribution in [3.05, 3.63) is 59.1 Å². The van der Waals surface area contributed by atoms with E-state index < -0.39 is 6.04 Å². The third-order valence-electron chi connectivity index (χ3n) is 6.80. The van der Waals surface area contributed by atoms with E-state index in [4.69, 9.17) is 11.6 Å². The lowest BCUT2D eigenvalue weighted by molar-refractivity contribution is -0.145. The molecule has 2 aromatic carbocycles. The lowest BCUT2D eigenvalue weighted by atomic mass is 10.0. The van der Waals surface area contributed by atoms with Crippen molar-refractivity contribution >= 4 is 40.7 Å². The summed E-state index contributed by atoms with van der Waals surface area (Å²) in [7, 11) is 0. The largest absolute Gasteiger partial charge is 0.369 e. The van der Waals surface area contributed by atoms with Gasteiger partial charge in [-0.15, -0.1) is 0 Å². The smallest absolute Gasteiger partial charge is 0.243 e.